The normalized spacial score (nSPS) is 27.9. The first-order valence-electron chi connectivity index (χ1n) is 11.3. The van der Waals surface area contributed by atoms with Crippen LogP contribution in [0, 0.1) is 11.8 Å². The van der Waals surface area contributed by atoms with Crippen molar-refractivity contribution < 1.29 is 23.3 Å². The number of amides is 2. The number of rotatable bonds is 7. The molecule has 2 aromatic heterocycles. The Hall–Kier alpha value is -2.23. The summed E-state index contributed by atoms with van der Waals surface area (Å²) in [4.78, 5) is 31.6. The molecule has 0 radical (unpaired) electrons. The molecule has 0 unspecified atom stereocenters. The van der Waals surface area contributed by atoms with Crippen LogP contribution in [0.2, 0.25) is 0 Å². The number of nitrogens with zero attached hydrogens (tertiary/aromatic N) is 4. The molecule has 2 amide bonds. The molecule has 3 fully saturated rings. The molecular formula is C23H31N4O4S+. The van der Waals surface area contributed by atoms with Gasteiger partial charge in [-0.1, -0.05) is 16.5 Å². The van der Waals surface area contributed by atoms with Crippen molar-refractivity contribution in [3.05, 3.63) is 23.9 Å². The van der Waals surface area contributed by atoms with E-state index in [4.69, 9.17) is 9.26 Å². The lowest BCUT2D eigenvalue weighted by atomic mass is 9.86. The number of hydrogen-bond acceptors (Lipinski definition) is 7. The van der Waals surface area contributed by atoms with E-state index in [9.17, 15) is 9.59 Å². The van der Waals surface area contributed by atoms with E-state index in [0.717, 1.165) is 52.5 Å². The second kappa shape index (κ2) is 7.97. The van der Waals surface area contributed by atoms with E-state index in [0.29, 0.717) is 12.3 Å². The van der Waals surface area contributed by atoms with Gasteiger partial charge in [0.1, 0.15) is 5.69 Å². The molecule has 172 valence electrons. The van der Waals surface area contributed by atoms with Gasteiger partial charge >= 0.3 is 0 Å². The molecule has 0 aromatic carbocycles. The minimum Gasteiger partial charge on any atom is -0.487 e. The number of hydrogen-bond donors (Lipinski definition) is 0. The van der Waals surface area contributed by atoms with Crippen LogP contribution >= 0.6 is 11.3 Å². The highest BCUT2D eigenvalue weighted by atomic mass is 32.1. The molecule has 2 aromatic rings. The Bertz CT molecular complexity index is 1030. The van der Waals surface area contributed by atoms with E-state index in [1.54, 1.807) is 7.11 Å². The number of fused-ring (bicyclic) bond motifs is 3. The minimum atomic E-state index is -0.368. The molecule has 4 atom stereocenters. The van der Waals surface area contributed by atoms with Crippen LogP contribution in [0.1, 0.15) is 31.0 Å². The lowest BCUT2D eigenvalue weighted by Gasteiger charge is -2.28. The van der Waals surface area contributed by atoms with Gasteiger partial charge in [-0.05, 0) is 31.5 Å². The summed E-state index contributed by atoms with van der Waals surface area (Å²) >= 11 is 1.49. The third-order valence-electron chi connectivity index (χ3n) is 7.01. The molecule has 0 N–H and O–H groups in total. The number of likely N-dealkylation sites (tertiary alicyclic amines) is 1. The van der Waals surface area contributed by atoms with Crippen molar-refractivity contribution in [1.82, 2.24) is 15.0 Å². The maximum absolute atomic E-state index is 13.5. The van der Waals surface area contributed by atoms with Crippen LogP contribution in [-0.2, 0) is 9.59 Å². The average molecular weight is 460 g/mol. The quantitative estimate of drug-likeness (QED) is 0.468. The molecule has 32 heavy (non-hydrogen) atoms. The summed E-state index contributed by atoms with van der Waals surface area (Å²) in [5.74, 6) is 0.00796. The fourth-order valence-electron chi connectivity index (χ4n) is 5.65. The van der Waals surface area contributed by atoms with Gasteiger partial charge in [-0.3, -0.25) is 19.4 Å². The van der Waals surface area contributed by atoms with Gasteiger partial charge in [-0.25, -0.2) is 0 Å². The molecule has 0 bridgehead atoms. The van der Waals surface area contributed by atoms with Crippen LogP contribution in [0.5, 0.6) is 5.06 Å². The van der Waals surface area contributed by atoms with E-state index in [1.807, 2.05) is 18.2 Å². The van der Waals surface area contributed by atoms with Gasteiger partial charge in [-0.15, -0.1) is 0 Å². The van der Waals surface area contributed by atoms with Gasteiger partial charge in [0.15, 0.2) is 10.8 Å². The van der Waals surface area contributed by atoms with Crippen LogP contribution in [0.15, 0.2) is 22.7 Å². The number of imide groups is 1. The van der Waals surface area contributed by atoms with E-state index in [-0.39, 0.29) is 35.7 Å². The van der Waals surface area contributed by atoms with Gasteiger partial charge in [-0.2, -0.15) is 0 Å². The van der Waals surface area contributed by atoms with Crippen LogP contribution in [0.3, 0.4) is 0 Å². The highest BCUT2D eigenvalue weighted by Gasteiger charge is 2.63. The maximum Gasteiger partial charge on any atom is 0.235 e. The Labute approximate surface area is 192 Å². The fourth-order valence-corrected chi connectivity index (χ4v) is 6.42. The number of ether oxygens (including phenoxy) is 1. The third-order valence-corrected chi connectivity index (χ3v) is 8.07. The van der Waals surface area contributed by atoms with Crippen LogP contribution < -0.4 is 4.74 Å². The zero-order valence-corrected chi connectivity index (χ0v) is 19.9. The van der Waals surface area contributed by atoms with Gasteiger partial charge in [0.05, 0.1) is 57.6 Å². The summed E-state index contributed by atoms with van der Waals surface area (Å²) in [6.45, 7) is 2.31. The Morgan fingerprint density at radius 2 is 2.00 bits per heavy atom. The number of carbonyl (C=O) groups excluding carboxylic acids is 2. The molecule has 0 saturated carbocycles. The Morgan fingerprint density at radius 3 is 2.72 bits per heavy atom. The molecule has 3 saturated heterocycles. The summed E-state index contributed by atoms with van der Waals surface area (Å²) in [6, 6.07) is 5.70. The molecule has 5 heterocycles. The molecule has 3 aliphatic heterocycles. The molecule has 3 aliphatic rings. The molecule has 9 heteroatoms. The fraction of sp³-hybridized carbons (Fsp3) is 0.609. The van der Waals surface area contributed by atoms with Gasteiger partial charge < -0.3 is 13.7 Å². The van der Waals surface area contributed by atoms with Gasteiger partial charge in [0.25, 0.3) is 0 Å². The summed E-state index contributed by atoms with van der Waals surface area (Å²) in [5, 5.41) is 5.18. The number of carbonyl (C=O) groups is 2. The number of methoxy groups -OCH3 is 1. The monoisotopic (exact) mass is 459 g/mol. The largest absolute Gasteiger partial charge is 0.487 e. The second-order valence-electron chi connectivity index (χ2n) is 10.1. The summed E-state index contributed by atoms with van der Waals surface area (Å²) in [5.41, 5.74) is 0.751. The predicted octanol–water partition coefficient (Wildman–Crippen LogP) is 2.63. The van der Waals surface area contributed by atoms with Crippen LogP contribution in [0.4, 0.5) is 0 Å². The predicted molar refractivity (Wildman–Crippen MR) is 120 cm³/mol. The Kier molecular flexibility index (Phi) is 5.38. The smallest absolute Gasteiger partial charge is 0.235 e. The van der Waals surface area contributed by atoms with Gasteiger partial charge in [0.2, 0.25) is 11.8 Å². The average Bonchev–Trinajstić information content (AvgIpc) is 3.52. The molecule has 8 nitrogen and oxygen atoms in total. The standard InChI is InChI=1S/C23H31N4O4S/c1-27(2,3)12-6-11-26-22(28)19-15-7-5-10-25(15)21(20(19)23(26)29)14-13-16(31-24-14)17-8-9-18(30-4)32-17/h8-9,13,15,19-21H,5-7,10-12H2,1-4H3/q+1/t15-,19-,20-,21-/m0/s1. The van der Waals surface area contributed by atoms with Crippen LogP contribution in [0.25, 0.3) is 10.6 Å². The summed E-state index contributed by atoms with van der Waals surface area (Å²) < 4.78 is 11.8. The first-order valence-corrected chi connectivity index (χ1v) is 12.1. The highest BCUT2D eigenvalue weighted by Crippen LogP contribution is 2.53. The zero-order valence-electron chi connectivity index (χ0n) is 19.1. The van der Waals surface area contributed by atoms with E-state index < -0.39 is 0 Å². The lowest BCUT2D eigenvalue weighted by molar-refractivity contribution is -0.870. The summed E-state index contributed by atoms with van der Waals surface area (Å²) in [6.07, 6.45) is 2.81. The van der Waals surface area contributed by atoms with Crippen molar-refractivity contribution in [2.24, 2.45) is 11.8 Å². The second-order valence-corrected chi connectivity index (χ2v) is 11.1. The maximum atomic E-state index is 13.5. The summed E-state index contributed by atoms with van der Waals surface area (Å²) in [7, 11) is 8.02. The molecule has 0 spiro atoms. The topological polar surface area (TPSA) is 75.9 Å². The highest BCUT2D eigenvalue weighted by molar-refractivity contribution is 7.17. The first kappa shape index (κ1) is 21.6. The van der Waals surface area contributed by atoms with Crippen LogP contribution in [-0.4, -0.2) is 85.2 Å². The number of thiophene rings is 1. The Balaban J connectivity index is 1.41. The van der Waals surface area contributed by atoms with Crippen molar-refractivity contribution in [2.75, 3.05) is 47.9 Å². The molecular weight excluding hydrogens is 428 g/mol. The van der Waals surface area contributed by atoms with E-state index in [1.165, 1.54) is 16.2 Å². The first-order chi connectivity index (χ1) is 15.3. The minimum absolute atomic E-state index is 0.00696. The van der Waals surface area contributed by atoms with E-state index >= 15 is 0 Å². The lowest BCUT2D eigenvalue weighted by Crippen LogP contribution is -2.42. The van der Waals surface area contributed by atoms with Crippen molar-refractivity contribution >= 4 is 23.2 Å². The number of aromatic nitrogens is 1. The van der Waals surface area contributed by atoms with Gasteiger partial charge in [0, 0.05) is 25.1 Å². The Morgan fingerprint density at radius 1 is 1.22 bits per heavy atom. The SMILES string of the molecule is COc1ccc(-c2cc([C@H]3[C@H]4C(=O)N(CCC[N+](C)(C)C)C(=O)[C@H]4[C@@H]4CCCN43)no2)s1. The molecule has 5 rings (SSSR count). The van der Waals surface area contributed by atoms with Crippen molar-refractivity contribution in [2.45, 2.75) is 31.3 Å². The van der Waals surface area contributed by atoms with E-state index in [2.05, 4.69) is 31.2 Å². The van der Waals surface area contributed by atoms with Crippen molar-refractivity contribution in [3.63, 3.8) is 0 Å². The number of quaternary nitrogens is 1. The third kappa shape index (κ3) is 3.56. The van der Waals surface area contributed by atoms with Crippen molar-refractivity contribution in [3.8, 4) is 15.7 Å². The van der Waals surface area contributed by atoms with Crippen molar-refractivity contribution in [1.29, 1.82) is 0 Å². The zero-order chi connectivity index (χ0) is 22.6. The molecule has 0 aliphatic carbocycles.